The first-order chi connectivity index (χ1) is 11.8. The van der Waals surface area contributed by atoms with Crippen molar-refractivity contribution in [2.24, 2.45) is 0 Å². The highest BCUT2D eigenvalue weighted by Gasteiger charge is 2.12. The highest BCUT2D eigenvalue weighted by Crippen LogP contribution is 2.15. The standard InChI is InChI=1S/C17H23N5O2/c23-17-5-1-3-7-22(17)8-4-2-6-18-15-13-16(20-14-19-15)21-9-11-24-12-10-21/h1,3,5,7,13-14H,2,4,6,8-12H2,(H,18,19,20). The van der Waals surface area contributed by atoms with Crippen LogP contribution in [0.25, 0.3) is 0 Å². The van der Waals surface area contributed by atoms with Gasteiger partial charge in [-0.3, -0.25) is 4.79 Å². The molecule has 2 aromatic heterocycles. The molecule has 0 atom stereocenters. The Bertz CT molecular complexity index is 697. The van der Waals surface area contributed by atoms with Gasteiger partial charge in [0.05, 0.1) is 13.2 Å². The van der Waals surface area contributed by atoms with Gasteiger partial charge in [0.15, 0.2) is 0 Å². The number of aromatic nitrogens is 3. The lowest BCUT2D eigenvalue weighted by Crippen LogP contribution is -2.36. The minimum absolute atomic E-state index is 0.0522. The van der Waals surface area contributed by atoms with Crippen molar-refractivity contribution in [1.82, 2.24) is 14.5 Å². The van der Waals surface area contributed by atoms with Gasteiger partial charge in [0, 0.05) is 44.5 Å². The second-order valence-corrected chi connectivity index (χ2v) is 5.73. The Morgan fingerprint density at radius 1 is 1.17 bits per heavy atom. The molecule has 1 fully saturated rings. The lowest BCUT2D eigenvalue weighted by atomic mass is 10.3. The van der Waals surface area contributed by atoms with Crippen molar-refractivity contribution < 1.29 is 4.74 Å². The lowest BCUT2D eigenvalue weighted by molar-refractivity contribution is 0.122. The monoisotopic (exact) mass is 329 g/mol. The van der Waals surface area contributed by atoms with Gasteiger partial charge in [-0.2, -0.15) is 0 Å². The highest BCUT2D eigenvalue weighted by atomic mass is 16.5. The van der Waals surface area contributed by atoms with E-state index in [-0.39, 0.29) is 5.56 Å². The van der Waals surface area contributed by atoms with Crippen LogP contribution in [0.2, 0.25) is 0 Å². The fraction of sp³-hybridized carbons (Fsp3) is 0.471. The lowest BCUT2D eigenvalue weighted by Gasteiger charge is -2.27. The first-order valence-electron chi connectivity index (χ1n) is 8.37. The van der Waals surface area contributed by atoms with Crippen LogP contribution in [0.5, 0.6) is 0 Å². The number of nitrogens with one attached hydrogen (secondary N) is 1. The number of rotatable bonds is 7. The number of hydrogen-bond donors (Lipinski definition) is 1. The fourth-order valence-corrected chi connectivity index (χ4v) is 2.68. The molecule has 7 nitrogen and oxygen atoms in total. The van der Waals surface area contributed by atoms with Gasteiger partial charge in [-0.15, -0.1) is 0 Å². The molecule has 0 aromatic carbocycles. The quantitative estimate of drug-likeness (QED) is 0.774. The van der Waals surface area contributed by atoms with Gasteiger partial charge in [0.25, 0.3) is 0 Å². The molecule has 3 rings (SSSR count). The molecule has 0 amide bonds. The van der Waals surface area contributed by atoms with E-state index in [1.54, 1.807) is 23.0 Å². The maximum absolute atomic E-state index is 11.6. The van der Waals surface area contributed by atoms with Gasteiger partial charge in [-0.1, -0.05) is 6.07 Å². The molecular formula is C17H23N5O2. The van der Waals surface area contributed by atoms with E-state index < -0.39 is 0 Å². The summed E-state index contributed by atoms with van der Waals surface area (Å²) in [5, 5.41) is 3.33. The minimum Gasteiger partial charge on any atom is -0.378 e. The van der Waals surface area contributed by atoms with Crippen molar-refractivity contribution >= 4 is 11.6 Å². The number of nitrogens with zero attached hydrogens (tertiary/aromatic N) is 4. The van der Waals surface area contributed by atoms with Crippen LogP contribution < -0.4 is 15.8 Å². The Hall–Kier alpha value is -2.41. The largest absolute Gasteiger partial charge is 0.378 e. The zero-order valence-corrected chi connectivity index (χ0v) is 13.7. The molecule has 1 aliphatic heterocycles. The number of hydrogen-bond acceptors (Lipinski definition) is 6. The van der Waals surface area contributed by atoms with Crippen molar-refractivity contribution in [1.29, 1.82) is 0 Å². The van der Waals surface area contributed by atoms with Crippen LogP contribution >= 0.6 is 0 Å². The van der Waals surface area contributed by atoms with Gasteiger partial charge in [-0.25, -0.2) is 9.97 Å². The summed E-state index contributed by atoms with van der Waals surface area (Å²) < 4.78 is 7.10. The van der Waals surface area contributed by atoms with Crippen LogP contribution in [0.1, 0.15) is 12.8 Å². The average molecular weight is 329 g/mol. The number of aryl methyl sites for hydroxylation is 1. The van der Waals surface area contributed by atoms with E-state index in [1.807, 2.05) is 18.3 Å². The third-order valence-corrected chi connectivity index (χ3v) is 4.02. The smallest absolute Gasteiger partial charge is 0.250 e. The SMILES string of the molecule is O=c1ccccn1CCCCNc1cc(N2CCOCC2)ncn1. The van der Waals surface area contributed by atoms with Gasteiger partial charge >= 0.3 is 0 Å². The molecule has 3 heterocycles. The number of pyridine rings is 1. The van der Waals surface area contributed by atoms with E-state index in [0.717, 1.165) is 63.9 Å². The third kappa shape index (κ3) is 4.55. The van der Waals surface area contributed by atoms with E-state index in [0.29, 0.717) is 0 Å². The molecule has 0 spiro atoms. The van der Waals surface area contributed by atoms with E-state index in [1.165, 1.54) is 0 Å². The molecule has 0 saturated carbocycles. The molecule has 7 heteroatoms. The number of ether oxygens (including phenoxy) is 1. The summed E-state index contributed by atoms with van der Waals surface area (Å²) in [6.45, 7) is 4.77. The predicted octanol–water partition coefficient (Wildman–Crippen LogP) is 1.37. The summed E-state index contributed by atoms with van der Waals surface area (Å²) in [5.41, 5.74) is 0.0522. The van der Waals surface area contributed by atoms with E-state index in [2.05, 4.69) is 20.2 Å². The van der Waals surface area contributed by atoms with Crippen molar-refractivity contribution in [2.45, 2.75) is 19.4 Å². The Kier molecular flexibility index (Phi) is 5.79. The van der Waals surface area contributed by atoms with Crippen molar-refractivity contribution in [3.8, 4) is 0 Å². The Morgan fingerprint density at radius 3 is 2.88 bits per heavy atom. The van der Waals surface area contributed by atoms with Crippen LogP contribution in [-0.2, 0) is 11.3 Å². The second kappa shape index (κ2) is 8.44. The maximum Gasteiger partial charge on any atom is 0.250 e. The molecule has 1 aliphatic rings. The molecular weight excluding hydrogens is 306 g/mol. The highest BCUT2D eigenvalue weighted by molar-refractivity contribution is 5.48. The Morgan fingerprint density at radius 2 is 2.04 bits per heavy atom. The van der Waals surface area contributed by atoms with Gasteiger partial charge in [-0.05, 0) is 18.9 Å². The second-order valence-electron chi connectivity index (χ2n) is 5.73. The van der Waals surface area contributed by atoms with Crippen molar-refractivity contribution in [2.75, 3.05) is 43.1 Å². The van der Waals surface area contributed by atoms with Crippen molar-refractivity contribution in [3.05, 3.63) is 47.1 Å². The first-order valence-corrected chi connectivity index (χ1v) is 8.37. The number of anilines is 2. The van der Waals surface area contributed by atoms with E-state index in [4.69, 9.17) is 4.74 Å². The van der Waals surface area contributed by atoms with Crippen LogP contribution in [0.15, 0.2) is 41.6 Å². The topological polar surface area (TPSA) is 72.3 Å². The summed E-state index contributed by atoms with van der Waals surface area (Å²) in [6.07, 6.45) is 5.34. The zero-order valence-electron chi connectivity index (χ0n) is 13.7. The Balaban J connectivity index is 1.43. The fourth-order valence-electron chi connectivity index (χ4n) is 2.68. The molecule has 0 radical (unpaired) electrons. The van der Waals surface area contributed by atoms with E-state index >= 15 is 0 Å². The number of morpholine rings is 1. The van der Waals surface area contributed by atoms with Gasteiger partial charge in [0.1, 0.15) is 18.0 Å². The normalized spacial score (nSPS) is 14.6. The summed E-state index contributed by atoms with van der Waals surface area (Å²) >= 11 is 0. The molecule has 2 aromatic rings. The molecule has 1 N–H and O–H groups in total. The summed E-state index contributed by atoms with van der Waals surface area (Å²) in [7, 11) is 0. The molecule has 0 unspecified atom stereocenters. The Labute approximate surface area is 141 Å². The first kappa shape index (κ1) is 16.4. The minimum atomic E-state index is 0.0522. The summed E-state index contributed by atoms with van der Waals surface area (Å²) in [4.78, 5) is 22.4. The molecule has 24 heavy (non-hydrogen) atoms. The van der Waals surface area contributed by atoms with E-state index in [9.17, 15) is 4.79 Å². The predicted molar refractivity (Wildman–Crippen MR) is 93.5 cm³/mol. The van der Waals surface area contributed by atoms with Crippen LogP contribution in [0, 0.1) is 0 Å². The third-order valence-electron chi connectivity index (χ3n) is 4.02. The van der Waals surface area contributed by atoms with Gasteiger partial charge in [0.2, 0.25) is 5.56 Å². The number of unbranched alkanes of at least 4 members (excludes halogenated alkanes) is 1. The summed E-state index contributed by atoms with van der Waals surface area (Å²) in [5.74, 6) is 1.77. The van der Waals surface area contributed by atoms with Gasteiger partial charge < -0.3 is 19.5 Å². The molecule has 0 aliphatic carbocycles. The van der Waals surface area contributed by atoms with Crippen molar-refractivity contribution in [3.63, 3.8) is 0 Å². The summed E-state index contributed by atoms with van der Waals surface area (Å²) in [6, 6.07) is 7.22. The maximum atomic E-state index is 11.6. The van der Waals surface area contributed by atoms with Crippen LogP contribution in [0.4, 0.5) is 11.6 Å². The zero-order chi connectivity index (χ0) is 16.6. The van der Waals surface area contributed by atoms with Crippen LogP contribution in [0.3, 0.4) is 0 Å². The molecule has 128 valence electrons. The molecule has 0 bridgehead atoms. The average Bonchev–Trinajstić information content (AvgIpc) is 2.64. The molecule has 1 saturated heterocycles. The van der Waals surface area contributed by atoms with Crippen LogP contribution in [-0.4, -0.2) is 47.4 Å².